The van der Waals surface area contributed by atoms with Gasteiger partial charge in [0.1, 0.15) is 0 Å². The number of hydrogen-bond donors (Lipinski definition) is 0. The Bertz CT molecular complexity index is 544. The van der Waals surface area contributed by atoms with Crippen molar-refractivity contribution in [2.75, 3.05) is 19.7 Å². The molecular formula is C15H20N2O4. The fraction of sp³-hybridized carbons (Fsp3) is 0.533. The molecule has 6 heteroatoms. The molecule has 0 spiro atoms. The summed E-state index contributed by atoms with van der Waals surface area (Å²) in [7, 11) is 0. The van der Waals surface area contributed by atoms with Gasteiger partial charge in [-0.3, -0.25) is 14.9 Å². The maximum atomic E-state index is 12.5. The van der Waals surface area contributed by atoms with Crippen LogP contribution >= 0.6 is 0 Å². The lowest BCUT2D eigenvalue weighted by molar-refractivity contribution is -0.385. The largest absolute Gasteiger partial charge is 0.487 e. The summed E-state index contributed by atoms with van der Waals surface area (Å²) < 4.78 is 5.23. The Labute approximate surface area is 123 Å². The molecule has 1 aromatic carbocycles. The van der Waals surface area contributed by atoms with Crippen LogP contribution in [0.4, 0.5) is 5.69 Å². The summed E-state index contributed by atoms with van der Waals surface area (Å²) in [5.41, 5.74) is 0.187. The van der Waals surface area contributed by atoms with Crippen molar-refractivity contribution in [1.29, 1.82) is 0 Å². The van der Waals surface area contributed by atoms with Crippen LogP contribution in [0.25, 0.3) is 0 Å². The van der Waals surface area contributed by atoms with Gasteiger partial charge < -0.3 is 9.64 Å². The standard InChI is InChI=1S/C15H20N2O4/c1-3-21-14-7-6-12(9-13(14)17(19)20)15(18)16-8-4-5-11(2)10-16/h6-7,9,11H,3-5,8,10H2,1-2H3. The first kappa shape index (κ1) is 15.3. The van der Waals surface area contributed by atoms with E-state index in [9.17, 15) is 14.9 Å². The first-order chi connectivity index (χ1) is 10.0. The predicted octanol–water partition coefficient (Wildman–Crippen LogP) is 2.87. The van der Waals surface area contributed by atoms with Gasteiger partial charge in [-0.25, -0.2) is 0 Å². The van der Waals surface area contributed by atoms with Gasteiger partial charge in [0.2, 0.25) is 0 Å². The molecule has 2 rings (SSSR count). The highest BCUT2D eigenvalue weighted by molar-refractivity contribution is 5.95. The average Bonchev–Trinajstić information content (AvgIpc) is 2.47. The van der Waals surface area contributed by atoms with E-state index >= 15 is 0 Å². The Kier molecular flexibility index (Phi) is 4.77. The highest BCUT2D eigenvalue weighted by Gasteiger charge is 2.25. The lowest BCUT2D eigenvalue weighted by Gasteiger charge is -2.31. The summed E-state index contributed by atoms with van der Waals surface area (Å²) in [6.45, 7) is 5.64. The molecule has 0 N–H and O–H groups in total. The zero-order valence-electron chi connectivity index (χ0n) is 12.4. The van der Waals surface area contributed by atoms with E-state index in [-0.39, 0.29) is 17.3 Å². The molecule has 1 amide bonds. The quantitative estimate of drug-likeness (QED) is 0.632. The average molecular weight is 292 g/mol. The second-order valence-electron chi connectivity index (χ2n) is 5.37. The molecule has 1 saturated heterocycles. The highest BCUT2D eigenvalue weighted by Crippen LogP contribution is 2.29. The van der Waals surface area contributed by atoms with E-state index in [4.69, 9.17) is 4.74 Å². The molecule has 0 radical (unpaired) electrons. The Morgan fingerprint density at radius 3 is 2.90 bits per heavy atom. The van der Waals surface area contributed by atoms with Gasteiger partial charge in [-0.15, -0.1) is 0 Å². The van der Waals surface area contributed by atoms with Gasteiger partial charge in [-0.2, -0.15) is 0 Å². The molecule has 1 atom stereocenters. The van der Waals surface area contributed by atoms with Gasteiger partial charge in [0.15, 0.2) is 5.75 Å². The number of carbonyl (C=O) groups is 1. The number of ether oxygens (including phenoxy) is 1. The van der Waals surface area contributed by atoms with Crippen LogP contribution in [-0.4, -0.2) is 35.4 Å². The number of rotatable bonds is 4. The molecule has 6 nitrogen and oxygen atoms in total. The monoisotopic (exact) mass is 292 g/mol. The van der Waals surface area contributed by atoms with Crippen LogP contribution in [0, 0.1) is 16.0 Å². The normalized spacial score (nSPS) is 18.4. The van der Waals surface area contributed by atoms with E-state index in [0.717, 1.165) is 12.8 Å². The minimum Gasteiger partial charge on any atom is -0.487 e. The third kappa shape index (κ3) is 3.51. The minimum absolute atomic E-state index is 0.146. The van der Waals surface area contributed by atoms with Crippen LogP contribution in [0.2, 0.25) is 0 Å². The lowest BCUT2D eigenvalue weighted by atomic mass is 9.99. The van der Waals surface area contributed by atoms with Crippen molar-refractivity contribution < 1.29 is 14.5 Å². The molecule has 1 heterocycles. The number of amides is 1. The number of nitro benzene ring substituents is 1. The maximum absolute atomic E-state index is 12.5. The van der Waals surface area contributed by atoms with Gasteiger partial charge >= 0.3 is 5.69 Å². The molecule has 0 saturated carbocycles. The van der Waals surface area contributed by atoms with E-state index in [1.807, 2.05) is 0 Å². The summed E-state index contributed by atoms with van der Waals surface area (Å²) in [5, 5.41) is 11.1. The molecule has 1 aliphatic heterocycles. The topological polar surface area (TPSA) is 72.7 Å². The van der Waals surface area contributed by atoms with Crippen LogP contribution in [0.5, 0.6) is 5.75 Å². The Balaban J connectivity index is 2.25. The second-order valence-corrected chi connectivity index (χ2v) is 5.37. The molecule has 1 aliphatic rings. The van der Waals surface area contributed by atoms with Crippen molar-refractivity contribution in [2.45, 2.75) is 26.7 Å². The fourth-order valence-electron chi connectivity index (χ4n) is 2.63. The van der Waals surface area contributed by atoms with E-state index in [0.29, 0.717) is 31.2 Å². The summed E-state index contributed by atoms with van der Waals surface area (Å²) >= 11 is 0. The van der Waals surface area contributed by atoms with E-state index < -0.39 is 4.92 Å². The van der Waals surface area contributed by atoms with E-state index in [2.05, 4.69) is 6.92 Å². The Morgan fingerprint density at radius 1 is 1.52 bits per heavy atom. The Morgan fingerprint density at radius 2 is 2.29 bits per heavy atom. The van der Waals surface area contributed by atoms with Crippen LogP contribution in [0.15, 0.2) is 18.2 Å². The van der Waals surface area contributed by atoms with Gasteiger partial charge in [0, 0.05) is 24.7 Å². The van der Waals surface area contributed by atoms with Gasteiger partial charge in [-0.1, -0.05) is 6.92 Å². The lowest BCUT2D eigenvalue weighted by Crippen LogP contribution is -2.39. The van der Waals surface area contributed by atoms with Crippen molar-refractivity contribution in [2.24, 2.45) is 5.92 Å². The van der Waals surface area contributed by atoms with Crippen molar-refractivity contribution in [3.8, 4) is 5.75 Å². The minimum atomic E-state index is -0.513. The molecule has 21 heavy (non-hydrogen) atoms. The van der Waals surface area contributed by atoms with Gasteiger partial charge in [-0.05, 0) is 37.8 Å². The predicted molar refractivity (Wildman–Crippen MR) is 78.6 cm³/mol. The molecule has 114 valence electrons. The fourth-order valence-corrected chi connectivity index (χ4v) is 2.63. The number of benzene rings is 1. The molecule has 1 fully saturated rings. The molecule has 0 aliphatic carbocycles. The zero-order valence-corrected chi connectivity index (χ0v) is 12.4. The molecule has 0 aromatic heterocycles. The number of carbonyl (C=O) groups excluding carboxylic acids is 1. The summed E-state index contributed by atoms with van der Waals surface area (Å²) in [6.07, 6.45) is 2.10. The van der Waals surface area contributed by atoms with E-state index in [1.165, 1.54) is 12.1 Å². The summed E-state index contributed by atoms with van der Waals surface area (Å²) in [5.74, 6) is 0.527. The number of piperidine rings is 1. The zero-order chi connectivity index (χ0) is 15.4. The number of nitro groups is 1. The van der Waals surface area contributed by atoms with Gasteiger partial charge in [0.25, 0.3) is 5.91 Å². The van der Waals surface area contributed by atoms with Crippen LogP contribution in [0.1, 0.15) is 37.0 Å². The van der Waals surface area contributed by atoms with Crippen molar-refractivity contribution in [3.63, 3.8) is 0 Å². The van der Waals surface area contributed by atoms with E-state index in [1.54, 1.807) is 17.9 Å². The van der Waals surface area contributed by atoms with Crippen molar-refractivity contribution in [1.82, 2.24) is 4.90 Å². The first-order valence-electron chi connectivity index (χ1n) is 7.23. The van der Waals surface area contributed by atoms with Crippen LogP contribution in [-0.2, 0) is 0 Å². The third-order valence-electron chi connectivity index (χ3n) is 3.65. The molecule has 0 bridgehead atoms. The van der Waals surface area contributed by atoms with Crippen LogP contribution < -0.4 is 4.74 Å². The smallest absolute Gasteiger partial charge is 0.311 e. The SMILES string of the molecule is CCOc1ccc(C(=O)N2CCCC(C)C2)cc1[N+](=O)[O-]. The number of likely N-dealkylation sites (tertiary alicyclic amines) is 1. The first-order valence-corrected chi connectivity index (χ1v) is 7.23. The molecule has 1 aromatic rings. The molecule has 1 unspecified atom stereocenters. The van der Waals surface area contributed by atoms with Crippen LogP contribution in [0.3, 0.4) is 0 Å². The van der Waals surface area contributed by atoms with Crippen molar-refractivity contribution >= 4 is 11.6 Å². The third-order valence-corrected chi connectivity index (χ3v) is 3.65. The number of nitrogens with zero attached hydrogens (tertiary/aromatic N) is 2. The Hall–Kier alpha value is -2.11. The van der Waals surface area contributed by atoms with Crippen molar-refractivity contribution in [3.05, 3.63) is 33.9 Å². The highest BCUT2D eigenvalue weighted by atomic mass is 16.6. The summed E-state index contributed by atoms with van der Waals surface area (Å²) in [6, 6.07) is 4.41. The summed E-state index contributed by atoms with van der Waals surface area (Å²) in [4.78, 5) is 24.8. The number of hydrogen-bond acceptors (Lipinski definition) is 4. The second kappa shape index (κ2) is 6.56. The maximum Gasteiger partial charge on any atom is 0.311 e. The molecular weight excluding hydrogens is 272 g/mol. The van der Waals surface area contributed by atoms with Gasteiger partial charge in [0.05, 0.1) is 11.5 Å².